The van der Waals surface area contributed by atoms with E-state index in [4.69, 9.17) is 8.83 Å². The largest absolute Gasteiger partial charge is 0.463 e. The minimum atomic E-state index is 0.511. The van der Waals surface area contributed by atoms with Crippen molar-refractivity contribution in [3.05, 3.63) is 36.4 Å². The molecule has 0 spiro atoms. The highest BCUT2D eigenvalue weighted by molar-refractivity contribution is 5.91. The van der Waals surface area contributed by atoms with E-state index < -0.39 is 0 Å². The maximum atomic E-state index is 5.66. The third-order valence-corrected chi connectivity index (χ3v) is 2.94. The van der Waals surface area contributed by atoms with Crippen LogP contribution in [0.15, 0.2) is 39.4 Å². The molecule has 3 rings (SSSR count). The van der Waals surface area contributed by atoms with Crippen LogP contribution in [0.2, 0.25) is 0 Å². The number of rotatable bonds is 5. The third kappa shape index (κ3) is 2.37. The van der Waals surface area contributed by atoms with Crippen molar-refractivity contribution in [2.45, 2.75) is 13.3 Å². The molecule has 0 aliphatic carbocycles. The predicted molar refractivity (Wildman–Crippen MR) is 71.8 cm³/mol. The van der Waals surface area contributed by atoms with Crippen LogP contribution in [0.3, 0.4) is 0 Å². The van der Waals surface area contributed by atoms with Crippen LogP contribution in [-0.2, 0) is 6.42 Å². The zero-order valence-corrected chi connectivity index (χ0v) is 10.7. The van der Waals surface area contributed by atoms with Crippen LogP contribution in [0, 0.1) is 0 Å². The first-order chi connectivity index (χ1) is 9.38. The highest BCUT2D eigenvalue weighted by atomic mass is 16.4. The molecule has 0 aliphatic heterocycles. The van der Waals surface area contributed by atoms with Gasteiger partial charge < -0.3 is 14.2 Å². The Kier molecular flexibility index (Phi) is 3.29. The number of furan rings is 1. The summed E-state index contributed by atoms with van der Waals surface area (Å²) in [6, 6.07) is 7.80. The Labute approximate surface area is 110 Å². The van der Waals surface area contributed by atoms with Crippen LogP contribution in [0.4, 0.5) is 0 Å². The molecule has 0 bridgehead atoms. The van der Waals surface area contributed by atoms with E-state index in [9.17, 15) is 0 Å². The van der Waals surface area contributed by atoms with Gasteiger partial charge in [-0.2, -0.15) is 0 Å². The van der Waals surface area contributed by atoms with E-state index in [1.54, 1.807) is 6.26 Å². The summed E-state index contributed by atoms with van der Waals surface area (Å²) in [6.07, 6.45) is 2.39. The Balaban J connectivity index is 1.86. The van der Waals surface area contributed by atoms with Crippen LogP contribution < -0.4 is 5.32 Å². The second-order valence-corrected chi connectivity index (χ2v) is 4.25. The first-order valence-electron chi connectivity index (χ1n) is 6.38. The van der Waals surface area contributed by atoms with E-state index in [0.717, 1.165) is 36.0 Å². The molecule has 5 nitrogen and oxygen atoms in total. The quantitative estimate of drug-likeness (QED) is 0.712. The van der Waals surface area contributed by atoms with Gasteiger partial charge in [0.15, 0.2) is 0 Å². The molecule has 19 heavy (non-hydrogen) atoms. The van der Waals surface area contributed by atoms with Crippen LogP contribution in [0.5, 0.6) is 0 Å². The van der Waals surface area contributed by atoms with Gasteiger partial charge in [0, 0.05) is 18.4 Å². The first-order valence-corrected chi connectivity index (χ1v) is 6.38. The number of para-hydroxylation sites is 1. The molecule has 0 aliphatic rings. The first kappa shape index (κ1) is 11.9. The zero-order valence-electron chi connectivity index (χ0n) is 10.7. The molecular formula is C14H15N3O2. The molecule has 0 atom stereocenters. The highest BCUT2D eigenvalue weighted by Crippen LogP contribution is 2.29. The van der Waals surface area contributed by atoms with E-state index in [0.29, 0.717) is 11.8 Å². The zero-order chi connectivity index (χ0) is 13.1. The van der Waals surface area contributed by atoms with Gasteiger partial charge in [-0.15, -0.1) is 10.2 Å². The smallest absolute Gasteiger partial charge is 0.251 e. The summed E-state index contributed by atoms with van der Waals surface area (Å²) in [5, 5.41) is 12.3. The predicted octanol–water partition coefficient (Wildman–Crippen LogP) is 2.63. The van der Waals surface area contributed by atoms with Crippen molar-refractivity contribution in [1.29, 1.82) is 0 Å². The molecule has 98 valence electrons. The van der Waals surface area contributed by atoms with Gasteiger partial charge in [0.2, 0.25) is 5.89 Å². The van der Waals surface area contributed by atoms with Crippen LogP contribution in [0.25, 0.3) is 22.4 Å². The van der Waals surface area contributed by atoms with Crippen LogP contribution in [0.1, 0.15) is 12.8 Å². The molecule has 0 saturated heterocycles. The fourth-order valence-corrected chi connectivity index (χ4v) is 1.98. The number of aromatic nitrogens is 2. The van der Waals surface area contributed by atoms with Gasteiger partial charge in [-0.3, -0.25) is 0 Å². The Morgan fingerprint density at radius 2 is 2.11 bits per heavy atom. The van der Waals surface area contributed by atoms with Crippen molar-refractivity contribution in [2.24, 2.45) is 0 Å². The number of nitrogens with zero attached hydrogens (tertiary/aromatic N) is 2. The lowest BCUT2D eigenvalue weighted by atomic mass is 10.2. The molecule has 1 N–H and O–H groups in total. The Morgan fingerprint density at radius 3 is 3.00 bits per heavy atom. The molecule has 2 aromatic heterocycles. The third-order valence-electron chi connectivity index (χ3n) is 2.94. The number of likely N-dealkylation sites (N-methyl/N-ethyl adjacent to an activating group) is 1. The molecule has 0 saturated carbocycles. The van der Waals surface area contributed by atoms with Crippen LogP contribution >= 0.6 is 0 Å². The molecule has 0 amide bonds. The maximum Gasteiger partial charge on any atom is 0.251 e. The minimum Gasteiger partial charge on any atom is -0.463 e. The van der Waals surface area contributed by atoms with E-state index in [1.807, 2.05) is 24.3 Å². The number of hydrogen-bond donors (Lipinski definition) is 1. The fourth-order valence-electron chi connectivity index (χ4n) is 1.98. The molecule has 2 heterocycles. The lowest BCUT2D eigenvalue weighted by molar-refractivity contribution is 0.496. The standard InChI is InChI=1S/C14H15N3O2/c1-2-15-8-7-13-16-17-14(19-13)11-9-18-12-6-4-3-5-10(11)12/h3-6,9,15H,2,7-8H2,1H3. The van der Waals surface area contributed by atoms with E-state index in [2.05, 4.69) is 22.4 Å². The highest BCUT2D eigenvalue weighted by Gasteiger charge is 2.14. The summed E-state index contributed by atoms with van der Waals surface area (Å²) < 4.78 is 11.1. The fraction of sp³-hybridized carbons (Fsp3) is 0.286. The van der Waals surface area contributed by atoms with Crippen molar-refractivity contribution in [3.63, 3.8) is 0 Å². The molecule has 5 heteroatoms. The average Bonchev–Trinajstić information content (AvgIpc) is 3.05. The van der Waals surface area contributed by atoms with E-state index >= 15 is 0 Å². The Morgan fingerprint density at radius 1 is 1.21 bits per heavy atom. The summed E-state index contributed by atoms with van der Waals surface area (Å²) in [6.45, 7) is 3.84. The van der Waals surface area contributed by atoms with Gasteiger partial charge >= 0.3 is 0 Å². The monoisotopic (exact) mass is 257 g/mol. The summed E-state index contributed by atoms with van der Waals surface area (Å²) >= 11 is 0. The van der Waals surface area contributed by atoms with Gasteiger partial charge in [0.25, 0.3) is 5.89 Å². The summed E-state index contributed by atoms with van der Waals surface area (Å²) in [5.74, 6) is 1.15. The molecule has 0 radical (unpaired) electrons. The van der Waals surface area contributed by atoms with Gasteiger partial charge in [-0.05, 0) is 12.6 Å². The van der Waals surface area contributed by atoms with Gasteiger partial charge in [0.05, 0.1) is 5.56 Å². The van der Waals surface area contributed by atoms with Crippen LogP contribution in [-0.4, -0.2) is 23.3 Å². The number of fused-ring (bicyclic) bond motifs is 1. The van der Waals surface area contributed by atoms with E-state index in [1.165, 1.54) is 0 Å². The van der Waals surface area contributed by atoms with E-state index in [-0.39, 0.29) is 0 Å². The van der Waals surface area contributed by atoms with Crippen molar-refractivity contribution in [3.8, 4) is 11.5 Å². The number of nitrogens with one attached hydrogen (secondary N) is 1. The van der Waals surface area contributed by atoms with Crippen molar-refractivity contribution >= 4 is 11.0 Å². The molecule has 0 unspecified atom stereocenters. The van der Waals surface area contributed by atoms with Crippen molar-refractivity contribution < 1.29 is 8.83 Å². The lowest BCUT2D eigenvalue weighted by Crippen LogP contribution is -2.16. The second kappa shape index (κ2) is 5.24. The minimum absolute atomic E-state index is 0.511. The second-order valence-electron chi connectivity index (χ2n) is 4.25. The van der Waals surface area contributed by atoms with Gasteiger partial charge in [0.1, 0.15) is 11.8 Å². The molecule has 0 fully saturated rings. The van der Waals surface area contributed by atoms with Crippen molar-refractivity contribution in [2.75, 3.05) is 13.1 Å². The lowest BCUT2D eigenvalue weighted by Gasteiger charge is -1.95. The molecular weight excluding hydrogens is 242 g/mol. The SMILES string of the molecule is CCNCCc1nnc(-c2coc3ccccc23)o1. The normalized spacial score (nSPS) is 11.2. The molecule has 1 aromatic carbocycles. The summed E-state index contributed by atoms with van der Waals surface area (Å²) in [5.41, 5.74) is 1.67. The summed E-state index contributed by atoms with van der Waals surface area (Å²) in [7, 11) is 0. The maximum absolute atomic E-state index is 5.66. The average molecular weight is 257 g/mol. The van der Waals surface area contributed by atoms with Crippen molar-refractivity contribution in [1.82, 2.24) is 15.5 Å². The number of hydrogen-bond acceptors (Lipinski definition) is 5. The topological polar surface area (TPSA) is 64.1 Å². The molecule has 3 aromatic rings. The Bertz CT molecular complexity index is 672. The summed E-state index contributed by atoms with van der Waals surface area (Å²) in [4.78, 5) is 0. The van der Waals surface area contributed by atoms with Gasteiger partial charge in [-0.25, -0.2) is 0 Å². The number of benzene rings is 1. The Hall–Kier alpha value is -2.14. The van der Waals surface area contributed by atoms with Gasteiger partial charge in [-0.1, -0.05) is 25.1 Å².